The fraction of sp³-hybridized carbons (Fsp3) is 0.667. The Kier molecular flexibility index (Phi) is 1.98. The van der Waals surface area contributed by atoms with E-state index in [2.05, 4.69) is 21.0 Å². The molecule has 2 nitrogen and oxygen atoms in total. The number of nitrogens with zero attached hydrogens (tertiary/aromatic N) is 2. The van der Waals surface area contributed by atoms with Gasteiger partial charge in [-0.25, -0.2) is 4.39 Å². The first-order valence-electron chi connectivity index (χ1n) is 4.43. The van der Waals surface area contributed by atoms with Crippen LogP contribution in [0, 0.1) is 0 Å². The SMILES string of the molecule is Cn1nc(Br)c2c1CCCC2(C)F. The van der Waals surface area contributed by atoms with Crippen LogP contribution in [0.2, 0.25) is 0 Å². The molecule has 0 amide bonds. The van der Waals surface area contributed by atoms with E-state index in [9.17, 15) is 4.39 Å². The van der Waals surface area contributed by atoms with Crippen LogP contribution in [0.1, 0.15) is 31.0 Å². The monoisotopic (exact) mass is 246 g/mol. The molecule has 0 aliphatic heterocycles. The maximum Gasteiger partial charge on any atom is 0.137 e. The quantitative estimate of drug-likeness (QED) is 0.689. The topological polar surface area (TPSA) is 17.8 Å². The molecule has 0 aromatic carbocycles. The smallest absolute Gasteiger partial charge is 0.137 e. The Morgan fingerprint density at radius 3 is 2.92 bits per heavy atom. The second-order valence-corrected chi connectivity index (χ2v) is 4.54. The molecule has 1 atom stereocenters. The summed E-state index contributed by atoms with van der Waals surface area (Å²) in [7, 11) is 1.87. The fourth-order valence-electron chi connectivity index (χ4n) is 2.04. The van der Waals surface area contributed by atoms with Gasteiger partial charge in [-0.1, -0.05) is 0 Å². The molecule has 1 aromatic heterocycles. The van der Waals surface area contributed by atoms with Gasteiger partial charge >= 0.3 is 0 Å². The highest BCUT2D eigenvalue weighted by Gasteiger charge is 2.36. The predicted molar refractivity (Wildman–Crippen MR) is 52.3 cm³/mol. The molecule has 1 aliphatic carbocycles. The standard InChI is InChI=1S/C9H12BrFN2/c1-9(11)5-3-4-6-7(9)8(10)12-13(6)2/h3-5H2,1-2H3. The van der Waals surface area contributed by atoms with E-state index >= 15 is 0 Å². The molecule has 0 N–H and O–H groups in total. The van der Waals surface area contributed by atoms with E-state index in [1.54, 1.807) is 11.6 Å². The lowest BCUT2D eigenvalue weighted by Gasteiger charge is -2.26. The van der Waals surface area contributed by atoms with Gasteiger partial charge < -0.3 is 0 Å². The Morgan fingerprint density at radius 2 is 2.31 bits per heavy atom. The minimum Gasteiger partial charge on any atom is -0.271 e. The van der Waals surface area contributed by atoms with E-state index in [0.717, 1.165) is 24.1 Å². The lowest BCUT2D eigenvalue weighted by molar-refractivity contribution is 0.160. The molecule has 2 rings (SSSR count). The first-order chi connectivity index (χ1) is 6.02. The second-order valence-electron chi connectivity index (χ2n) is 3.79. The summed E-state index contributed by atoms with van der Waals surface area (Å²) in [5.74, 6) is 0. The molecule has 72 valence electrons. The van der Waals surface area contributed by atoms with E-state index < -0.39 is 5.67 Å². The van der Waals surface area contributed by atoms with Crippen LogP contribution in [0.4, 0.5) is 4.39 Å². The van der Waals surface area contributed by atoms with E-state index in [1.807, 2.05) is 7.05 Å². The highest BCUT2D eigenvalue weighted by atomic mass is 79.9. The van der Waals surface area contributed by atoms with Gasteiger partial charge in [-0.15, -0.1) is 0 Å². The molecule has 1 aliphatic rings. The summed E-state index contributed by atoms with van der Waals surface area (Å²) < 4.78 is 16.5. The summed E-state index contributed by atoms with van der Waals surface area (Å²) in [6.45, 7) is 1.64. The molecular weight excluding hydrogens is 235 g/mol. The summed E-state index contributed by atoms with van der Waals surface area (Å²) in [5.41, 5.74) is 0.574. The highest BCUT2D eigenvalue weighted by Crippen LogP contribution is 2.41. The third-order valence-corrected chi connectivity index (χ3v) is 3.26. The van der Waals surface area contributed by atoms with E-state index in [4.69, 9.17) is 0 Å². The van der Waals surface area contributed by atoms with Crippen molar-refractivity contribution in [3.8, 4) is 0 Å². The third kappa shape index (κ3) is 1.31. The zero-order chi connectivity index (χ0) is 9.64. The molecule has 0 radical (unpaired) electrons. The Bertz CT molecular complexity index is 344. The molecule has 4 heteroatoms. The number of halogens is 2. The van der Waals surface area contributed by atoms with Crippen molar-refractivity contribution in [3.63, 3.8) is 0 Å². The summed E-state index contributed by atoms with van der Waals surface area (Å²) in [6, 6.07) is 0. The van der Waals surface area contributed by atoms with Crippen molar-refractivity contribution in [2.24, 2.45) is 7.05 Å². The van der Waals surface area contributed by atoms with Crippen molar-refractivity contribution >= 4 is 15.9 Å². The summed E-state index contributed by atoms with van der Waals surface area (Å²) in [5, 5.41) is 4.18. The number of hydrogen-bond acceptors (Lipinski definition) is 1. The van der Waals surface area contributed by atoms with Crippen molar-refractivity contribution in [1.82, 2.24) is 9.78 Å². The van der Waals surface area contributed by atoms with Crippen molar-refractivity contribution in [2.75, 3.05) is 0 Å². The summed E-state index contributed by atoms with van der Waals surface area (Å²) in [6.07, 6.45) is 2.44. The Hall–Kier alpha value is -0.380. The minimum absolute atomic E-state index is 0.601. The van der Waals surface area contributed by atoms with Gasteiger partial charge in [0.15, 0.2) is 0 Å². The zero-order valence-electron chi connectivity index (χ0n) is 7.77. The van der Waals surface area contributed by atoms with Crippen LogP contribution in [-0.2, 0) is 19.1 Å². The van der Waals surface area contributed by atoms with Crippen LogP contribution in [0.25, 0.3) is 0 Å². The van der Waals surface area contributed by atoms with Crippen molar-refractivity contribution < 1.29 is 4.39 Å². The lowest BCUT2D eigenvalue weighted by Crippen LogP contribution is -2.22. The van der Waals surface area contributed by atoms with Gasteiger partial charge in [0.05, 0.1) is 0 Å². The molecule has 0 fully saturated rings. The molecule has 1 unspecified atom stereocenters. The molecule has 0 spiro atoms. The maximum absolute atomic E-state index is 14.1. The van der Waals surface area contributed by atoms with Crippen LogP contribution in [-0.4, -0.2) is 9.78 Å². The van der Waals surface area contributed by atoms with Crippen LogP contribution < -0.4 is 0 Å². The summed E-state index contributed by atoms with van der Waals surface area (Å²) in [4.78, 5) is 0. The number of aryl methyl sites for hydroxylation is 1. The maximum atomic E-state index is 14.1. The van der Waals surface area contributed by atoms with Gasteiger partial charge in [0.25, 0.3) is 0 Å². The van der Waals surface area contributed by atoms with Crippen molar-refractivity contribution in [2.45, 2.75) is 31.9 Å². The van der Waals surface area contributed by atoms with E-state index in [0.29, 0.717) is 11.0 Å². The Morgan fingerprint density at radius 1 is 1.62 bits per heavy atom. The molecule has 1 heterocycles. The molecule has 13 heavy (non-hydrogen) atoms. The number of fused-ring (bicyclic) bond motifs is 1. The summed E-state index contributed by atoms with van der Waals surface area (Å²) >= 11 is 3.31. The average molecular weight is 247 g/mol. The predicted octanol–water partition coefficient (Wildman–Crippen LogP) is 2.70. The van der Waals surface area contributed by atoms with Crippen molar-refractivity contribution in [1.29, 1.82) is 0 Å². The van der Waals surface area contributed by atoms with Crippen LogP contribution in [0.15, 0.2) is 4.60 Å². The zero-order valence-corrected chi connectivity index (χ0v) is 9.36. The van der Waals surface area contributed by atoms with Gasteiger partial charge in [-0.3, -0.25) is 4.68 Å². The average Bonchev–Trinajstić information content (AvgIpc) is 2.27. The normalized spacial score (nSPS) is 27.4. The molecule has 0 bridgehead atoms. The fourth-order valence-corrected chi connectivity index (χ4v) is 2.92. The van der Waals surface area contributed by atoms with Gasteiger partial charge in [0.2, 0.25) is 0 Å². The second kappa shape index (κ2) is 2.80. The number of aromatic nitrogens is 2. The number of rotatable bonds is 0. The first kappa shape index (κ1) is 9.19. The molecular formula is C9H12BrFN2. The van der Waals surface area contributed by atoms with E-state index in [1.165, 1.54) is 0 Å². The molecule has 1 aromatic rings. The third-order valence-electron chi connectivity index (χ3n) is 2.70. The van der Waals surface area contributed by atoms with Gasteiger partial charge in [-0.05, 0) is 42.1 Å². The first-order valence-corrected chi connectivity index (χ1v) is 5.22. The molecule has 0 saturated heterocycles. The van der Waals surface area contributed by atoms with Gasteiger partial charge in [0.1, 0.15) is 10.3 Å². The van der Waals surface area contributed by atoms with Gasteiger partial charge in [-0.2, -0.15) is 5.10 Å². The van der Waals surface area contributed by atoms with E-state index in [-0.39, 0.29) is 0 Å². The lowest BCUT2D eigenvalue weighted by atomic mass is 9.86. The Labute approximate surface area is 85.3 Å². The van der Waals surface area contributed by atoms with Crippen molar-refractivity contribution in [3.05, 3.63) is 15.9 Å². The highest BCUT2D eigenvalue weighted by molar-refractivity contribution is 9.10. The molecule has 0 saturated carbocycles. The van der Waals surface area contributed by atoms with Crippen LogP contribution >= 0.6 is 15.9 Å². The number of alkyl halides is 1. The van der Waals surface area contributed by atoms with Gasteiger partial charge in [0, 0.05) is 18.3 Å². The number of hydrogen-bond donors (Lipinski definition) is 0. The Balaban J connectivity index is 2.62. The van der Waals surface area contributed by atoms with Crippen LogP contribution in [0.5, 0.6) is 0 Å². The largest absolute Gasteiger partial charge is 0.271 e. The minimum atomic E-state index is -1.21. The van der Waals surface area contributed by atoms with Crippen LogP contribution in [0.3, 0.4) is 0 Å².